The summed E-state index contributed by atoms with van der Waals surface area (Å²) in [5.41, 5.74) is 7.02. The van der Waals surface area contributed by atoms with Crippen LogP contribution in [0.15, 0.2) is 16.8 Å². The Morgan fingerprint density at radius 2 is 2.00 bits per heavy atom. The molecule has 0 unspecified atom stereocenters. The molecule has 110 valence electrons. The zero-order valence-corrected chi connectivity index (χ0v) is 12.8. The third-order valence-electron chi connectivity index (χ3n) is 4.73. The Balaban J connectivity index is 1.61. The monoisotopic (exact) mass is 292 g/mol. The molecular weight excluding hydrogens is 268 g/mol. The summed E-state index contributed by atoms with van der Waals surface area (Å²) in [6.45, 7) is 1.59. The van der Waals surface area contributed by atoms with Gasteiger partial charge in [-0.3, -0.25) is 4.79 Å². The lowest BCUT2D eigenvalue weighted by Crippen LogP contribution is -2.39. The minimum Gasteiger partial charge on any atom is -0.335 e. The highest BCUT2D eigenvalue weighted by Gasteiger charge is 2.36. The fraction of sp³-hybridized carbons (Fsp3) is 0.688. The highest BCUT2D eigenvalue weighted by Crippen LogP contribution is 2.34. The molecule has 2 N–H and O–H groups in total. The van der Waals surface area contributed by atoms with Crippen LogP contribution in [0, 0.1) is 11.8 Å². The van der Waals surface area contributed by atoms with Gasteiger partial charge >= 0.3 is 0 Å². The van der Waals surface area contributed by atoms with E-state index in [1.54, 1.807) is 11.3 Å². The summed E-state index contributed by atoms with van der Waals surface area (Å²) < 4.78 is 0. The first-order valence-corrected chi connectivity index (χ1v) is 8.74. The topological polar surface area (TPSA) is 46.3 Å². The molecule has 3 nitrogen and oxygen atoms in total. The average Bonchev–Trinajstić information content (AvgIpc) is 3.21. The van der Waals surface area contributed by atoms with E-state index < -0.39 is 0 Å². The fourth-order valence-corrected chi connectivity index (χ4v) is 3.89. The van der Waals surface area contributed by atoms with E-state index in [1.807, 2.05) is 0 Å². The van der Waals surface area contributed by atoms with Crippen LogP contribution in [0.5, 0.6) is 0 Å². The lowest BCUT2D eigenvalue weighted by Gasteiger charge is -2.32. The van der Waals surface area contributed by atoms with Crippen LogP contribution >= 0.6 is 11.3 Å². The molecule has 4 heteroatoms. The van der Waals surface area contributed by atoms with Crippen molar-refractivity contribution in [3.8, 4) is 0 Å². The normalized spacial score (nSPS) is 26.4. The molecular formula is C16H24N2OS. The summed E-state index contributed by atoms with van der Waals surface area (Å²) in [7, 11) is 0. The summed E-state index contributed by atoms with van der Waals surface area (Å²) >= 11 is 1.71. The second-order valence-corrected chi connectivity index (χ2v) is 7.06. The quantitative estimate of drug-likeness (QED) is 0.907. The van der Waals surface area contributed by atoms with Crippen molar-refractivity contribution in [1.82, 2.24) is 4.90 Å². The predicted octanol–water partition coefficient (Wildman–Crippen LogP) is 3.00. The third-order valence-corrected chi connectivity index (χ3v) is 5.47. The van der Waals surface area contributed by atoms with Gasteiger partial charge in [0.1, 0.15) is 0 Å². The molecule has 0 atom stereocenters. The number of hydrogen-bond donors (Lipinski definition) is 1. The lowest BCUT2D eigenvalue weighted by molar-refractivity contribution is -0.138. The van der Waals surface area contributed by atoms with Gasteiger partial charge in [-0.15, -0.1) is 0 Å². The lowest BCUT2D eigenvalue weighted by atomic mass is 9.81. The van der Waals surface area contributed by atoms with Crippen molar-refractivity contribution in [2.75, 3.05) is 6.54 Å². The SMILES string of the molecule is NCC1CCC(C(=O)N(Cc2ccsc2)C2CC2)CC1. The van der Waals surface area contributed by atoms with Gasteiger partial charge in [0, 0.05) is 18.5 Å². The fourth-order valence-electron chi connectivity index (χ4n) is 3.23. The molecule has 2 aliphatic carbocycles. The van der Waals surface area contributed by atoms with Crippen LogP contribution in [-0.4, -0.2) is 23.4 Å². The number of carbonyl (C=O) groups excluding carboxylic acids is 1. The summed E-state index contributed by atoms with van der Waals surface area (Å²) in [4.78, 5) is 14.9. The molecule has 2 fully saturated rings. The first-order chi connectivity index (χ1) is 9.78. The third kappa shape index (κ3) is 3.23. The van der Waals surface area contributed by atoms with Gasteiger partial charge in [-0.1, -0.05) is 0 Å². The van der Waals surface area contributed by atoms with Crippen molar-refractivity contribution >= 4 is 17.2 Å². The van der Waals surface area contributed by atoms with Crippen LogP contribution in [0.1, 0.15) is 44.1 Å². The number of hydrogen-bond acceptors (Lipinski definition) is 3. The zero-order chi connectivity index (χ0) is 13.9. The Labute approximate surface area is 125 Å². The smallest absolute Gasteiger partial charge is 0.226 e. The molecule has 0 aliphatic heterocycles. The number of rotatable bonds is 5. The molecule has 20 heavy (non-hydrogen) atoms. The van der Waals surface area contributed by atoms with Crippen LogP contribution in [0.4, 0.5) is 0 Å². The highest BCUT2D eigenvalue weighted by molar-refractivity contribution is 7.07. The van der Waals surface area contributed by atoms with Crippen molar-refractivity contribution < 1.29 is 4.79 Å². The van der Waals surface area contributed by atoms with E-state index in [4.69, 9.17) is 5.73 Å². The molecule has 0 aromatic carbocycles. The van der Waals surface area contributed by atoms with Gasteiger partial charge < -0.3 is 10.6 Å². The van der Waals surface area contributed by atoms with Crippen LogP contribution in [0.3, 0.4) is 0 Å². The Morgan fingerprint density at radius 1 is 1.25 bits per heavy atom. The molecule has 2 aliphatic rings. The second-order valence-electron chi connectivity index (χ2n) is 6.28. The first kappa shape index (κ1) is 14.1. The number of amides is 1. The summed E-state index contributed by atoms with van der Waals surface area (Å²) in [5, 5.41) is 4.26. The Morgan fingerprint density at radius 3 is 2.55 bits per heavy atom. The van der Waals surface area contributed by atoms with Crippen molar-refractivity contribution in [1.29, 1.82) is 0 Å². The van der Waals surface area contributed by atoms with Crippen LogP contribution in [0.25, 0.3) is 0 Å². The summed E-state index contributed by atoms with van der Waals surface area (Å²) in [6, 6.07) is 2.65. The summed E-state index contributed by atoms with van der Waals surface area (Å²) in [6.07, 6.45) is 6.71. The molecule has 0 spiro atoms. The summed E-state index contributed by atoms with van der Waals surface area (Å²) in [5.74, 6) is 1.29. The van der Waals surface area contributed by atoms with E-state index in [9.17, 15) is 4.79 Å². The molecule has 0 radical (unpaired) electrons. The van der Waals surface area contributed by atoms with E-state index in [1.165, 1.54) is 18.4 Å². The molecule has 0 bridgehead atoms. The number of nitrogens with two attached hydrogens (primary N) is 1. The maximum Gasteiger partial charge on any atom is 0.226 e. The number of thiophene rings is 1. The van der Waals surface area contributed by atoms with Crippen molar-refractivity contribution in [2.45, 2.75) is 51.1 Å². The van der Waals surface area contributed by atoms with Gasteiger partial charge in [0.15, 0.2) is 0 Å². The maximum absolute atomic E-state index is 12.8. The number of carbonyl (C=O) groups is 1. The molecule has 1 aromatic heterocycles. The zero-order valence-electron chi connectivity index (χ0n) is 12.0. The Kier molecular flexibility index (Phi) is 4.41. The largest absolute Gasteiger partial charge is 0.335 e. The van der Waals surface area contributed by atoms with Gasteiger partial charge in [0.2, 0.25) is 5.91 Å². The predicted molar refractivity (Wildman–Crippen MR) is 82.4 cm³/mol. The van der Waals surface area contributed by atoms with Gasteiger partial charge in [-0.05, 0) is 73.4 Å². The first-order valence-electron chi connectivity index (χ1n) is 7.79. The van der Waals surface area contributed by atoms with Crippen LogP contribution < -0.4 is 5.73 Å². The van der Waals surface area contributed by atoms with Gasteiger partial charge in [0.05, 0.1) is 0 Å². The standard InChI is InChI=1S/C16H24N2OS/c17-9-12-1-3-14(4-2-12)16(19)18(15-5-6-15)10-13-7-8-20-11-13/h7-8,11-12,14-15H,1-6,9-10,17H2. The molecule has 3 rings (SSSR count). The van der Waals surface area contributed by atoms with Crippen molar-refractivity contribution in [3.63, 3.8) is 0 Å². The maximum atomic E-state index is 12.8. The van der Waals surface area contributed by atoms with E-state index in [0.717, 1.165) is 38.8 Å². The van der Waals surface area contributed by atoms with Crippen LogP contribution in [0.2, 0.25) is 0 Å². The highest BCUT2D eigenvalue weighted by atomic mass is 32.1. The second kappa shape index (κ2) is 6.27. The van der Waals surface area contributed by atoms with Gasteiger partial charge in [-0.25, -0.2) is 0 Å². The number of nitrogens with zero attached hydrogens (tertiary/aromatic N) is 1. The Hall–Kier alpha value is -0.870. The van der Waals surface area contributed by atoms with Gasteiger partial charge in [0.25, 0.3) is 0 Å². The average molecular weight is 292 g/mol. The van der Waals surface area contributed by atoms with E-state index in [-0.39, 0.29) is 5.92 Å². The van der Waals surface area contributed by atoms with Crippen molar-refractivity contribution in [3.05, 3.63) is 22.4 Å². The molecule has 2 saturated carbocycles. The minimum absolute atomic E-state index is 0.247. The van der Waals surface area contributed by atoms with E-state index in [0.29, 0.717) is 17.9 Å². The molecule has 1 aromatic rings. The van der Waals surface area contributed by atoms with E-state index >= 15 is 0 Å². The minimum atomic E-state index is 0.247. The van der Waals surface area contributed by atoms with Gasteiger partial charge in [-0.2, -0.15) is 11.3 Å². The van der Waals surface area contributed by atoms with Crippen molar-refractivity contribution in [2.24, 2.45) is 17.6 Å². The molecule has 0 saturated heterocycles. The molecule has 1 heterocycles. The molecule has 1 amide bonds. The van der Waals surface area contributed by atoms with E-state index in [2.05, 4.69) is 21.7 Å². The van der Waals surface area contributed by atoms with Crippen LogP contribution in [-0.2, 0) is 11.3 Å². The Bertz CT molecular complexity index is 433.